The molecule has 3 heterocycles. The SMILES string of the molecule is CC(C)c1ccnc(-c2[c-]ccc3c4c(sc23)CCCC4)c1.[Ir].[c-]1ccccc1-c1ccccn1. The summed E-state index contributed by atoms with van der Waals surface area (Å²) in [5, 5.41) is 1.44. The van der Waals surface area contributed by atoms with Gasteiger partial charge in [-0.05, 0) is 70.3 Å². The Hall–Kier alpha value is -2.65. The quantitative estimate of drug-likeness (QED) is 0.183. The van der Waals surface area contributed by atoms with Crippen LogP contribution in [0.4, 0.5) is 0 Å². The number of aryl methyl sites for hydroxylation is 2. The number of fused-ring (bicyclic) bond motifs is 3. The van der Waals surface area contributed by atoms with Crippen LogP contribution in [0.5, 0.6) is 0 Å². The van der Waals surface area contributed by atoms with Crippen LogP contribution in [-0.2, 0) is 32.9 Å². The van der Waals surface area contributed by atoms with Crippen LogP contribution in [0.1, 0.15) is 48.6 Å². The standard InChI is InChI=1S/C20H20NS.C11H8N.Ir/c1-13(2)14-10-11-21-18(12-14)17-8-5-7-16-15-6-3-4-9-19(15)22-20(16)17;1-2-6-10(7-3-1)11-8-4-5-9-12-11;/h5,7,10-13H,3-4,6,9H2,1-2H3;1-6,8-9H;/q2*-1;. The molecule has 179 valence electrons. The van der Waals surface area contributed by atoms with E-state index in [4.69, 9.17) is 0 Å². The Balaban J connectivity index is 0.000000189. The fourth-order valence-electron chi connectivity index (χ4n) is 4.43. The van der Waals surface area contributed by atoms with Gasteiger partial charge in [0.05, 0.1) is 0 Å². The summed E-state index contributed by atoms with van der Waals surface area (Å²) in [5.41, 5.74) is 7.18. The summed E-state index contributed by atoms with van der Waals surface area (Å²) in [6.07, 6.45) is 8.86. The second-order valence-corrected chi connectivity index (χ2v) is 10.0. The molecule has 3 aromatic heterocycles. The zero-order valence-electron chi connectivity index (χ0n) is 20.0. The first kappa shape index (κ1) is 25.4. The van der Waals surface area contributed by atoms with E-state index in [2.05, 4.69) is 60.2 Å². The normalized spacial score (nSPS) is 12.4. The molecule has 0 saturated heterocycles. The fraction of sp³-hybridized carbons (Fsp3) is 0.226. The third-order valence-corrected chi connectivity index (χ3v) is 7.60. The Labute approximate surface area is 225 Å². The maximum absolute atomic E-state index is 4.62. The molecule has 0 atom stereocenters. The van der Waals surface area contributed by atoms with Gasteiger partial charge >= 0.3 is 0 Å². The number of benzene rings is 2. The van der Waals surface area contributed by atoms with Crippen LogP contribution in [-0.4, -0.2) is 9.97 Å². The summed E-state index contributed by atoms with van der Waals surface area (Å²) in [6, 6.07) is 28.9. The van der Waals surface area contributed by atoms with Gasteiger partial charge in [-0.15, -0.1) is 59.7 Å². The summed E-state index contributed by atoms with van der Waals surface area (Å²) >= 11 is 1.96. The number of aromatic nitrogens is 2. The van der Waals surface area contributed by atoms with E-state index in [1.165, 1.54) is 46.9 Å². The average molecular weight is 653 g/mol. The first-order valence-corrected chi connectivity index (χ1v) is 12.8. The molecule has 0 N–H and O–H groups in total. The van der Waals surface area contributed by atoms with Gasteiger partial charge < -0.3 is 9.97 Å². The minimum absolute atomic E-state index is 0. The van der Waals surface area contributed by atoms with E-state index in [0.717, 1.165) is 17.0 Å². The van der Waals surface area contributed by atoms with Crippen LogP contribution in [0.25, 0.3) is 32.6 Å². The molecule has 35 heavy (non-hydrogen) atoms. The van der Waals surface area contributed by atoms with Crippen molar-refractivity contribution in [3.8, 4) is 22.5 Å². The Morgan fingerprint density at radius 1 is 0.829 bits per heavy atom. The molecule has 5 aromatic rings. The average Bonchev–Trinajstić information content (AvgIpc) is 3.29. The van der Waals surface area contributed by atoms with Crippen molar-refractivity contribution >= 4 is 21.4 Å². The first-order chi connectivity index (χ1) is 16.7. The number of rotatable bonds is 3. The molecule has 0 unspecified atom stereocenters. The van der Waals surface area contributed by atoms with Crippen molar-refractivity contribution in [3.63, 3.8) is 0 Å². The molecule has 2 aromatic carbocycles. The Kier molecular flexibility index (Phi) is 8.62. The van der Waals surface area contributed by atoms with Gasteiger partial charge in [0.25, 0.3) is 0 Å². The molecule has 1 radical (unpaired) electrons. The second-order valence-electron chi connectivity index (χ2n) is 8.93. The number of hydrogen-bond acceptors (Lipinski definition) is 3. The molecule has 0 bridgehead atoms. The topological polar surface area (TPSA) is 25.8 Å². The van der Waals surface area contributed by atoms with Crippen LogP contribution in [0.3, 0.4) is 0 Å². The van der Waals surface area contributed by atoms with Gasteiger partial charge in [-0.1, -0.05) is 43.0 Å². The van der Waals surface area contributed by atoms with Gasteiger partial charge in [0, 0.05) is 32.5 Å². The van der Waals surface area contributed by atoms with E-state index in [-0.39, 0.29) is 20.1 Å². The Bertz CT molecular complexity index is 1340. The number of pyridine rings is 2. The van der Waals surface area contributed by atoms with Crippen molar-refractivity contribution in [2.75, 3.05) is 0 Å². The second kappa shape index (κ2) is 11.9. The monoisotopic (exact) mass is 653 g/mol. The molecule has 1 aliphatic rings. The van der Waals surface area contributed by atoms with E-state index in [0.29, 0.717) is 5.92 Å². The Morgan fingerprint density at radius 3 is 2.43 bits per heavy atom. The van der Waals surface area contributed by atoms with Gasteiger partial charge in [0.2, 0.25) is 0 Å². The van der Waals surface area contributed by atoms with E-state index in [9.17, 15) is 0 Å². The molecule has 0 fully saturated rings. The van der Waals surface area contributed by atoms with E-state index < -0.39 is 0 Å². The van der Waals surface area contributed by atoms with Crippen molar-refractivity contribution in [2.45, 2.75) is 45.4 Å². The predicted molar refractivity (Wildman–Crippen MR) is 143 cm³/mol. The van der Waals surface area contributed by atoms with E-state index in [1.807, 2.05) is 60.0 Å². The van der Waals surface area contributed by atoms with Crippen LogP contribution in [0.2, 0.25) is 0 Å². The first-order valence-electron chi connectivity index (χ1n) is 12.0. The number of thiophene rings is 1. The van der Waals surface area contributed by atoms with Crippen LogP contribution < -0.4 is 0 Å². The summed E-state index contributed by atoms with van der Waals surface area (Å²) < 4.78 is 1.38. The minimum atomic E-state index is 0. The third-order valence-electron chi connectivity index (χ3n) is 6.27. The van der Waals surface area contributed by atoms with E-state index in [1.54, 1.807) is 16.6 Å². The molecule has 0 saturated carbocycles. The summed E-state index contributed by atoms with van der Waals surface area (Å²) in [7, 11) is 0. The summed E-state index contributed by atoms with van der Waals surface area (Å²) in [4.78, 5) is 10.4. The van der Waals surface area contributed by atoms with Gasteiger partial charge in [-0.2, -0.15) is 11.3 Å². The molecule has 4 heteroatoms. The van der Waals surface area contributed by atoms with E-state index >= 15 is 0 Å². The molecule has 0 aliphatic heterocycles. The molecular weight excluding hydrogens is 625 g/mol. The summed E-state index contributed by atoms with van der Waals surface area (Å²) in [5.74, 6) is 0.525. The molecule has 2 nitrogen and oxygen atoms in total. The zero-order valence-corrected chi connectivity index (χ0v) is 23.3. The molecule has 0 spiro atoms. The maximum Gasteiger partial charge on any atom is 0.0163 e. The van der Waals surface area contributed by atoms with Crippen molar-refractivity contribution in [3.05, 3.63) is 107 Å². The third kappa shape index (κ3) is 5.78. The maximum atomic E-state index is 4.62. The van der Waals surface area contributed by atoms with Crippen LogP contribution in [0.15, 0.2) is 79.1 Å². The summed E-state index contributed by atoms with van der Waals surface area (Å²) in [6.45, 7) is 4.46. The van der Waals surface area contributed by atoms with Crippen molar-refractivity contribution in [1.82, 2.24) is 9.97 Å². The number of nitrogens with zero attached hydrogens (tertiary/aromatic N) is 2. The van der Waals surface area contributed by atoms with Crippen LogP contribution >= 0.6 is 11.3 Å². The largest absolute Gasteiger partial charge is 0.305 e. The molecule has 0 amide bonds. The molecular formula is C31H28IrN2S-2. The van der Waals surface area contributed by atoms with Crippen molar-refractivity contribution in [2.24, 2.45) is 0 Å². The van der Waals surface area contributed by atoms with Gasteiger partial charge in [-0.3, -0.25) is 0 Å². The van der Waals surface area contributed by atoms with Crippen LogP contribution in [0, 0.1) is 12.1 Å². The molecule has 6 rings (SSSR count). The minimum Gasteiger partial charge on any atom is -0.305 e. The predicted octanol–water partition coefficient (Wildman–Crippen LogP) is 8.31. The zero-order chi connectivity index (χ0) is 23.3. The van der Waals surface area contributed by atoms with Crippen molar-refractivity contribution < 1.29 is 20.1 Å². The van der Waals surface area contributed by atoms with Gasteiger partial charge in [0.15, 0.2) is 0 Å². The van der Waals surface area contributed by atoms with Crippen molar-refractivity contribution in [1.29, 1.82) is 0 Å². The van der Waals surface area contributed by atoms with Gasteiger partial charge in [-0.25, -0.2) is 0 Å². The van der Waals surface area contributed by atoms with Gasteiger partial charge in [0.1, 0.15) is 0 Å². The molecule has 1 aliphatic carbocycles. The number of hydrogen-bond donors (Lipinski definition) is 0. The Morgan fingerprint density at radius 2 is 1.66 bits per heavy atom. The fourth-order valence-corrected chi connectivity index (χ4v) is 5.83. The smallest absolute Gasteiger partial charge is 0.0163 e.